The van der Waals surface area contributed by atoms with Gasteiger partial charge in [-0.3, -0.25) is 0 Å². The molecule has 24 heavy (non-hydrogen) atoms. The Balaban J connectivity index is 1.74. The molecule has 3 rings (SSSR count). The van der Waals surface area contributed by atoms with E-state index in [-0.39, 0.29) is 12.6 Å². The van der Waals surface area contributed by atoms with Gasteiger partial charge in [0.2, 0.25) is 0 Å². The maximum absolute atomic E-state index is 9.18. The van der Waals surface area contributed by atoms with Crippen molar-refractivity contribution >= 4 is 23.4 Å². The molecule has 1 fully saturated rings. The first-order valence-electron chi connectivity index (χ1n) is 8.44. The Morgan fingerprint density at radius 3 is 2.71 bits per heavy atom. The van der Waals surface area contributed by atoms with Crippen molar-refractivity contribution < 1.29 is 5.11 Å². The molecule has 1 atom stereocenters. The summed E-state index contributed by atoms with van der Waals surface area (Å²) in [6, 6.07) is 12.5. The minimum absolute atomic E-state index is 0.137. The number of aromatic nitrogens is 2. The summed E-state index contributed by atoms with van der Waals surface area (Å²) in [5.41, 5.74) is 1.21. The topological polar surface area (TPSA) is 61.3 Å². The molecule has 0 amide bonds. The molecule has 1 unspecified atom stereocenters. The van der Waals surface area contributed by atoms with E-state index in [2.05, 4.69) is 32.3 Å². The van der Waals surface area contributed by atoms with Crippen molar-refractivity contribution in [2.75, 3.05) is 41.4 Å². The summed E-state index contributed by atoms with van der Waals surface area (Å²) in [7, 11) is 0. The van der Waals surface area contributed by atoms with Crippen molar-refractivity contribution in [3.8, 4) is 0 Å². The van der Waals surface area contributed by atoms with Crippen LogP contribution in [0.5, 0.6) is 0 Å². The fourth-order valence-electron chi connectivity index (χ4n) is 2.87. The highest BCUT2D eigenvalue weighted by Crippen LogP contribution is 2.25. The van der Waals surface area contributed by atoms with Gasteiger partial charge in [-0.05, 0) is 18.4 Å². The van der Waals surface area contributed by atoms with Crippen molar-refractivity contribution in [2.45, 2.75) is 18.9 Å². The smallest absolute Gasteiger partial charge is 0.134 e. The van der Waals surface area contributed by atoms with Crippen LogP contribution in [0.3, 0.4) is 0 Å². The van der Waals surface area contributed by atoms with Gasteiger partial charge in [0, 0.05) is 37.3 Å². The van der Waals surface area contributed by atoms with Crippen molar-refractivity contribution in [1.82, 2.24) is 9.97 Å². The number of benzene rings is 1. The third kappa shape index (κ3) is 4.61. The van der Waals surface area contributed by atoms with Crippen LogP contribution in [0.1, 0.15) is 24.4 Å². The minimum Gasteiger partial charge on any atom is -0.396 e. The van der Waals surface area contributed by atoms with E-state index in [1.54, 1.807) is 6.33 Å². The largest absolute Gasteiger partial charge is 0.396 e. The number of hydrogen-bond donors (Lipinski definition) is 2. The molecule has 1 aliphatic rings. The number of aliphatic hydroxyl groups excluding tert-OH is 1. The number of nitrogens with one attached hydrogen (secondary N) is 1. The zero-order valence-corrected chi connectivity index (χ0v) is 14.6. The molecule has 2 N–H and O–H groups in total. The Hall–Kier alpha value is -1.79. The second kappa shape index (κ2) is 8.89. The van der Waals surface area contributed by atoms with Gasteiger partial charge in [0.15, 0.2) is 0 Å². The van der Waals surface area contributed by atoms with Gasteiger partial charge in [0.05, 0.1) is 6.04 Å². The molecule has 0 saturated carbocycles. The van der Waals surface area contributed by atoms with E-state index >= 15 is 0 Å². The van der Waals surface area contributed by atoms with Gasteiger partial charge in [-0.25, -0.2) is 9.97 Å². The van der Waals surface area contributed by atoms with Crippen LogP contribution in [0.2, 0.25) is 0 Å². The quantitative estimate of drug-likeness (QED) is 0.805. The van der Waals surface area contributed by atoms with E-state index in [1.807, 2.05) is 36.0 Å². The SMILES string of the molecule is OCCCC(Nc1cc(N2CCSCC2)ncn1)c1ccccc1. The summed E-state index contributed by atoms with van der Waals surface area (Å²) >= 11 is 1.99. The summed E-state index contributed by atoms with van der Waals surface area (Å²) in [6.45, 7) is 2.27. The average molecular weight is 344 g/mol. The lowest BCUT2D eigenvalue weighted by Gasteiger charge is -2.28. The summed E-state index contributed by atoms with van der Waals surface area (Å²) < 4.78 is 0. The molecule has 1 saturated heterocycles. The van der Waals surface area contributed by atoms with Crippen LogP contribution in [0, 0.1) is 0 Å². The van der Waals surface area contributed by atoms with Crippen LogP contribution in [0.25, 0.3) is 0 Å². The highest BCUT2D eigenvalue weighted by atomic mass is 32.2. The number of anilines is 2. The third-order valence-electron chi connectivity index (χ3n) is 4.16. The van der Waals surface area contributed by atoms with Crippen LogP contribution in [0.4, 0.5) is 11.6 Å². The molecule has 0 bridgehead atoms. The monoisotopic (exact) mass is 344 g/mol. The molecule has 0 spiro atoms. The lowest BCUT2D eigenvalue weighted by Crippen LogP contribution is -2.33. The number of nitrogens with zero attached hydrogens (tertiary/aromatic N) is 3. The fourth-order valence-corrected chi connectivity index (χ4v) is 3.78. The maximum atomic E-state index is 9.18. The molecule has 0 radical (unpaired) electrons. The first-order valence-corrected chi connectivity index (χ1v) is 9.59. The second-order valence-electron chi connectivity index (χ2n) is 5.83. The van der Waals surface area contributed by atoms with E-state index < -0.39 is 0 Å². The minimum atomic E-state index is 0.137. The van der Waals surface area contributed by atoms with Gasteiger partial charge in [-0.15, -0.1) is 0 Å². The Morgan fingerprint density at radius 1 is 1.17 bits per heavy atom. The third-order valence-corrected chi connectivity index (χ3v) is 5.11. The molecule has 2 aromatic rings. The van der Waals surface area contributed by atoms with Crippen LogP contribution < -0.4 is 10.2 Å². The summed E-state index contributed by atoms with van der Waals surface area (Å²) in [5, 5.41) is 12.7. The molecular formula is C18H24N4OS. The highest BCUT2D eigenvalue weighted by molar-refractivity contribution is 7.99. The number of hydrogen-bond acceptors (Lipinski definition) is 6. The first-order chi connectivity index (χ1) is 11.9. The summed E-state index contributed by atoms with van der Waals surface area (Å²) in [6.07, 6.45) is 3.25. The zero-order valence-electron chi connectivity index (χ0n) is 13.8. The predicted octanol–water partition coefficient (Wildman–Crippen LogP) is 2.96. The lowest BCUT2D eigenvalue weighted by atomic mass is 10.0. The standard InChI is InChI=1S/C18H24N4OS/c23-10-4-7-16(15-5-2-1-3-6-15)21-17-13-18(20-14-19-17)22-8-11-24-12-9-22/h1-3,5-6,13-14,16,23H,4,7-12H2,(H,19,20,21). The Morgan fingerprint density at radius 2 is 1.96 bits per heavy atom. The number of aliphatic hydroxyl groups is 1. The average Bonchev–Trinajstić information content (AvgIpc) is 2.67. The normalized spacial score (nSPS) is 16.0. The molecule has 5 nitrogen and oxygen atoms in total. The lowest BCUT2D eigenvalue weighted by molar-refractivity contribution is 0.281. The molecular weight excluding hydrogens is 320 g/mol. The predicted molar refractivity (Wildman–Crippen MR) is 101 cm³/mol. The molecule has 6 heteroatoms. The molecule has 2 heterocycles. The Labute approximate surface area is 147 Å². The van der Waals surface area contributed by atoms with Gasteiger partial charge < -0.3 is 15.3 Å². The van der Waals surface area contributed by atoms with E-state index in [4.69, 9.17) is 0 Å². The summed E-state index contributed by atoms with van der Waals surface area (Å²) in [5.74, 6) is 4.12. The molecule has 1 aliphatic heterocycles. The van der Waals surface area contributed by atoms with Crippen LogP contribution in [-0.4, -0.2) is 46.3 Å². The van der Waals surface area contributed by atoms with Crippen molar-refractivity contribution in [3.05, 3.63) is 48.3 Å². The maximum Gasteiger partial charge on any atom is 0.134 e. The number of thioether (sulfide) groups is 1. The fraction of sp³-hybridized carbons (Fsp3) is 0.444. The van der Waals surface area contributed by atoms with Crippen molar-refractivity contribution in [3.63, 3.8) is 0 Å². The molecule has 128 valence electrons. The van der Waals surface area contributed by atoms with E-state index in [0.717, 1.165) is 49.1 Å². The van der Waals surface area contributed by atoms with Crippen LogP contribution >= 0.6 is 11.8 Å². The molecule has 0 aliphatic carbocycles. The first kappa shape index (κ1) is 17.0. The second-order valence-corrected chi connectivity index (χ2v) is 7.06. The van der Waals surface area contributed by atoms with Crippen LogP contribution in [0.15, 0.2) is 42.7 Å². The van der Waals surface area contributed by atoms with Crippen molar-refractivity contribution in [2.24, 2.45) is 0 Å². The molecule has 1 aromatic heterocycles. The van der Waals surface area contributed by atoms with Gasteiger partial charge in [0.1, 0.15) is 18.0 Å². The van der Waals surface area contributed by atoms with Gasteiger partial charge in [-0.2, -0.15) is 11.8 Å². The summed E-state index contributed by atoms with van der Waals surface area (Å²) in [4.78, 5) is 11.1. The Bertz CT molecular complexity index is 619. The van der Waals surface area contributed by atoms with E-state index in [0.29, 0.717) is 0 Å². The highest BCUT2D eigenvalue weighted by Gasteiger charge is 2.15. The van der Waals surface area contributed by atoms with Gasteiger partial charge >= 0.3 is 0 Å². The van der Waals surface area contributed by atoms with Crippen LogP contribution in [-0.2, 0) is 0 Å². The van der Waals surface area contributed by atoms with E-state index in [1.165, 1.54) is 5.56 Å². The van der Waals surface area contributed by atoms with Gasteiger partial charge in [-0.1, -0.05) is 30.3 Å². The van der Waals surface area contributed by atoms with Gasteiger partial charge in [0.25, 0.3) is 0 Å². The van der Waals surface area contributed by atoms with Crippen molar-refractivity contribution in [1.29, 1.82) is 0 Å². The molecule has 1 aromatic carbocycles. The zero-order chi connectivity index (χ0) is 16.6. The Kier molecular flexibility index (Phi) is 6.32. The number of rotatable bonds is 7. The van der Waals surface area contributed by atoms with E-state index in [9.17, 15) is 5.11 Å².